The van der Waals surface area contributed by atoms with Gasteiger partial charge in [0, 0.05) is 12.6 Å². The van der Waals surface area contributed by atoms with Crippen LogP contribution in [0.2, 0.25) is 0 Å². The number of nitriles is 1. The van der Waals surface area contributed by atoms with Gasteiger partial charge in [0.1, 0.15) is 5.60 Å². The number of nitrogens with zero attached hydrogens (tertiary/aromatic N) is 2. The molecule has 96 valence electrons. The maximum Gasteiger partial charge on any atom is 0.407 e. The van der Waals surface area contributed by atoms with Crippen molar-refractivity contribution in [3.8, 4) is 6.07 Å². The number of rotatable bonds is 3. The topological polar surface area (TPSA) is 65.4 Å². The van der Waals surface area contributed by atoms with E-state index in [2.05, 4.69) is 16.3 Å². The van der Waals surface area contributed by atoms with Gasteiger partial charge in [0.05, 0.1) is 12.6 Å². The maximum absolute atomic E-state index is 11.5. The van der Waals surface area contributed by atoms with Crippen LogP contribution >= 0.6 is 0 Å². The largest absolute Gasteiger partial charge is 0.444 e. The zero-order valence-corrected chi connectivity index (χ0v) is 10.8. The molecule has 1 amide bonds. The molecular weight excluding hydrogens is 218 g/mol. The molecule has 0 aromatic carbocycles. The van der Waals surface area contributed by atoms with Gasteiger partial charge in [-0.1, -0.05) is 0 Å². The highest BCUT2D eigenvalue weighted by Crippen LogP contribution is 2.15. The van der Waals surface area contributed by atoms with Crippen molar-refractivity contribution in [2.24, 2.45) is 0 Å². The van der Waals surface area contributed by atoms with E-state index in [9.17, 15) is 4.79 Å². The van der Waals surface area contributed by atoms with Crippen molar-refractivity contribution in [2.75, 3.05) is 19.6 Å². The number of carbonyl (C=O) groups is 1. The Kier molecular flexibility index (Phi) is 4.76. The van der Waals surface area contributed by atoms with Crippen LogP contribution in [0.3, 0.4) is 0 Å². The molecule has 1 aliphatic rings. The molecule has 5 nitrogen and oxygen atoms in total. The fraction of sp³-hybridized carbons (Fsp3) is 0.833. The number of hydrogen-bond donors (Lipinski definition) is 1. The van der Waals surface area contributed by atoms with Crippen molar-refractivity contribution in [3.63, 3.8) is 0 Å². The minimum Gasteiger partial charge on any atom is -0.444 e. The molecule has 0 saturated carbocycles. The highest BCUT2D eigenvalue weighted by molar-refractivity contribution is 5.67. The summed E-state index contributed by atoms with van der Waals surface area (Å²) in [7, 11) is 0. The normalized spacial score (nSPS) is 20.9. The molecule has 5 heteroatoms. The highest BCUT2D eigenvalue weighted by Gasteiger charge is 2.25. The van der Waals surface area contributed by atoms with Crippen LogP contribution in [0.5, 0.6) is 0 Å². The molecule has 0 aromatic heterocycles. The summed E-state index contributed by atoms with van der Waals surface area (Å²) < 4.78 is 5.16. The van der Waals surface area contributed by atoms with Gasteiger partial charge >= 0.3 is 6.09 Å². The van der Waals surface area contributed by atoms with Crippen LogP contribution in [0.1, 0.15) is 33.6 Å². The molecule has 17 heavy (non-hydrogen) atoms. The van der Waals surface area contributed by atoms with Crippen molar-refractivity contribution in [1.82, 2.24) is 10.2 Å². The summed E-state index contributed by atoms with van der Waals surface area (Å²) in [6.07, 6.45) is 1.72. The van der Waals surface area contributed by atoms with E-state index in [4.69, 9.17) is 10.00 Å². The number of carbonyl (C=O) groups excluding carboxylic acids is 1. The molecule has 0 unspecified atom stereocenters. The first-order valence-electron chi connectivity index (χ1n) is 6.00. The summed E-state index contributed by atoms with van der Waals surface area (Å²) in [5.74, 6) is 0. The Bertz CT molecular complexity index is 304. The van der Waals surface area contributed by atoms with E-state index < -0.39 is 5.60 Å². The average Bonchev–Trinajstić information content (AvgIpc) is 2.60. The van der Waals surface area contributed by atoms with E-state index in [1.54, 1.807) is 0 Å². The summed E-state index contributed by atoms with van der Waals surface area (Å²) in [4.78, 5) is 13.6. The van der Waals surface area contributed by atoms with Crippen molar-refractivity contribution in [3.05, 3.63) is 0 Å². The molecule has 0 radical (unpaired) electrons. The second kappa shape index (κ2) is 5.87. The van der Waals surface area contributed by atoms with Crippen molar-refractivity contribution in [1.29, 1.82) is 5.26 Å². The number of amides is 1. The van der Waals surface area contributed by atoms with Gasteiger partial charge in [0.15, 0.2) is 0 Å². The van der Waals surface area contributed by atoms with Gasteiger partial charge in [0.2, 0.25) is 0 Å². The van der Waals surface area contributed by atoms with Crippen LogP contribution < -0.4 is 5.32 Å². The maximum atomic E-state index is 11.5. The van der Waals surface area contributed by atoms with Gasteiger partial charge in [0.25, 0.3) is 0 Å². The molecular formula is C12H21N3O2. The lowest BCUT2D eigenvalue weighted by atomic mass is 10.2. The standard InChI is InChI=1S/C12H21N3O2/c1-12(2,3)17-11(16)14-9-10-5-4-7-15(10)8-6-13/h10H,4-5,7-9H2,1-3H3,(H,14,16)/t10-/m1/s1. The summed E-state index contributed by atoms with van der Waals surface area (Å²) in [6, 6.07) is 2.41. The minimum atomic E-state index is -0.466. The lowest BCUT2D eigenvalue weighted by Crippen LogP contribution is -2.42. The van der Waals surface area contributed by atoms with E-state index in [1.807, 2.05) is 20.8 Å². The van der Waals surface area contributed by atoms with E-state index in [1.165, 1.54) is 0 Å². The van der Waals surface area contributed by atoms with E-state index in [-0.39, 0.29) is 12.1 Å². The smallest absolute Gasteiger partial charge is 0.407 e. The predicted octanol–water partition coefficient (Wildman–Crippen LogP) is 1.50. The van der Waals surface area contributed by atoms with Crippen LogP contribution in [0.25, 0.3) is 0 Å². The number of ether oxygens (including phenoxy) is 1. The van der Waals surface area contributed by atoms with E-state index in [0.29, 0.717) is 13.1 Å². The Labute approximate surface area is 103 Å². The highest BCUT2D eigenvalue weighted by atomic mass is 16.6. The molecule has 0 aromatic rings. The Hall–Kier alpha value is -1.28. The van der Waals surface area contributed by atoms with Gasteiger partial charge in [-0.25, -0.2) is 4.79 Å². The van der Waals surface area contributed by atoms with Crippen molar-refractivity contribution in [2.45, 2.75) is 45.3 Å². The van der Waals surface area contributed by atoms with E-state index >= 15 is 0 Å². The zero-order valence-electron chi connectivity index (χ0n) is 10.8. The Morgan fingerprint density at radius 1 is 1.59 bits per heavy atom. The second-order valence-electron chi connectivity index (χ2n) is 5.31. The molecule has 1 aliphatic heterocycles. The predicted molar refractivity (Wildman–Crippen MR) is 64.4 cm³/mol. The first-order valence-corrected chi connectivity index (χ1v) is 6.00. The Morgan fingerprint density at radius 3 is 2.88 bits per heavy atom. The van der Waals surface area contributed by atoms with Gasteiger partial charge < -0.3 is 10.1 Å². The fourth-order valence-electron chi connectivity index (χ4n) is 1.94. The van der Waals surface area contributed by atoms with Crippen LogP contribution in [0.4, 0.5) is 4.79 Å². The lowest BCUT2D eigenvalue weighted by Gasteiger charge is -2.24. The Morgan fingerprint density at radius 2 is 2.29 bits per heavy atom. The molecule has 0 aliphatic carbocycles. The van der Waals surface area contributed by atoms with Crippen molar-refractivity contribution < 1.29 is 9.53 Å². The first kappa shape index (κ1) is 13.8. The summed E-state index contributed by atoms with van der Waals surface area (Å²) in [6.45, 7) is 7.43. The Balaban J connectivity index is 2.30. The van der Waals surface area contributed by atoms with Crippen LogP contribution in [0, 0.1) is 11.3 Å². The summed E-state index contributed by atoms with van der Waals surface area (Å²) in [5, 5.41) is 11.4. The molecule has 1 rings (SSSR count). The molecule has 1 saturated heterocycles. The number of hydrogen-bond acceptors (Lipinski definition) is 4. The van der Waals surface area contributed by atoms with Gasteiger partial charge in [-0.2, -0.15) is 5.26 Å². The monoisotopic (exact) mass is 239 g/mol. The number of likely N-dealkylation sites (tertiary alicyclic amines) is 1. The quantitative estimate of drug-likeness (QED) is 0.758. The van der Waals surface area contributed by atoms with Crippen LogP contribution in [-0.2, 0) is 4.74 Å². The molecule has 1 N–H and O–H groups in total. The lowest BCUT2D eigenvalue weighted by molar-refractivity contribution is 0.0515. The third kappa shape index (κ3) is 5.05. The minimum absolute atomic E-state index is 0.266. The molecule has 1 fully saturated rings. The van der Waals surface area contributed by atoms with Crippen LogP contribution in [-0.4, -0.2) is 42.3 Å². The number of alkyl carbamates (subject to hydrolysis) is 1. The second-order valence-corrected chi connectivity index (χ2v) is 5.31. The fourth-order valence-corrected chi connectivity index (χ4v) is 1.94. The van der Waals surface area contributed by atoms with Gasteiger partial charge in [-0.3, -0.25) is 4.90 Å². The SMILES string of the molecule is CC(C)(C)OC(=O)NC[C@H]1CCCN1CC#N. The first-order chi connectivity index (χ1) is 7.92. The molecule has 0 bridgehead atoms. The summed E-state index contributed by atoms with van der Waals surface area (Å²) in [5.41, 5.74) is -0.466. The number of nitrogens with one attached hydrogen (secondary N) is 1. The molecule has 1 heterocycles. The van der Waals surface area contributed by atoms with Crippen molar-refractivity contribution >= 4 is 6.09 Å². The summed E-state index contributed by atoms with van der Waals surface area (Å²) >= 11 is 0. The van der Waals surface area contributed by atoms with Crippen LogP contribution in [0.15, 0.2) is 0 Å². The molecule has 0 spiro atoms. The average molecular weight is 239 g/mol. The third-order valence-corrected chi connectivity index (χ3v) is 2.65. The van der Waals surface area contributed by atoms with Gasteiger partial charge in [-0.05, 0) is 40.2 Å². The zero-order chi connectivity index (χ0) is 12.9. The van der Waals surface area contributed by atoms with E-state index in [0.717, 1.165) is 19.4 Å². The third-order valence-electron chi connectivity index (χ3n) is 2.65. The van der Waals surface area contributed by atoms with Gasteiger partial charge in [-0.15, -0.1) is 0 Å². The molecule has 1 atom stereocenters.